The number of fused-ring (bicyclic) bond motifs is 1. The molecule has 1 amide bonds. The summed E-state index contributed by atoms with van der Waals surface area (Å²) in [6.07, 6.45) is -4.96. The fraction of sp³-hybridized carbons (Fsp3) is 0.222. The number of alkyl halides is 3. The van der Waals surface area contributed by atoms with E-state index < -0.39 is 12.1 Å². The first-order chi connectivity index (χ1) is 12.7. The molecule has 1 heterocycles. The zero-order chi connectivity index (χ0) is 19.8. The van der Waals surface area contributed by atoms with Gasteiger partial charge in [0.15, 0.2) is 11.5 Å². The highest BCUT2D eigenvalue weighted by Crippen LogP contribution is 2.33. The predicted molar refractivity (Wildman–Crippen MR) is 94.1 cm³/mol. The Balaban J connectivity index is 2.01. The van der Waals surface area contributed by atoms with E-state index in [2.05, 4.69) is 9.97 Å². The van der Waals surface area contributed by atoms with Crippen molar-refractivity contribution in [3.63, 3.8) is 0 Å². The van der Waals surface area contributed by atoms with Gasteiger partial charge in [0, 0.05) is 23.4 Å². The second-order valence-corrected chi connectivity index (χ2v) is 5.79. The minimum absolute atomic E-state index is 0.0606. The van der Waals surface area contributed by atoms with Gasteiger partial charge in [0.2, 0.25) is 0 Å². The third kappa shape index (κ3) is 3.67. The summed E-state index contributed by atoms with van der Waals surface area (Å²) in [5.74, 6) is -0.572. The van der Waals surface area contributed by atoms with E-state index in [9.17, 15) is 18.0 Å². The fourth-order valence-electron chi connectivity index (χ4n) is 2.57. The normalized spacial score (nSPS) is 11.5. The number of anilines is 1. The summed E-state index contributed by atoms with van der Waals surface area (Å²) in [6, 6.07) is 8.14. The predicted octanol–water partition coefficient (Wildman–Crippen LogP) is 4.06. The summed E-state index contributed by atoms with van der Waals surface area (Å²) in [5.41, 5.74) is 2.35. The summed E-state index contributed by atoms with van der Waals surface area (Å²) in [4.78, 5) is 18.8. The maximum atomic E-state index is 12.5. The number of aromatic nitrogens is 2. The summed E-state index contributed by atoms with van der Waals surface area (Å²) in [6.45, 7) is 1.60. The van der Waals surface area contributed by atoms with Crippen LogP contribution in [-0.4, -0.2) is 36.3 Å². The number of benzene rings is 2. The molecule has 9 heteroatoms. The molecule has 0 aliphatic rings. The van der Waals surface area contributed by atoms with Gasteiger partial charge in [-0.15, -0.1) is 0 Å². The van der Waals surface area contributed by atoms with Crippen molar-refractivity contribution in [3.05, 3.63) is 35.9 Å². The van der Waals surface area contributed by atoms with Crippen molar-refractivity contribution < 1.29 is 27.4 Å². The molecule has 27 heavy (non-hydrogen) atoms. The Morgan fingerprint density at radius 2 is 1.78 bits per heavy atom. The number of H-pyrrole nitrogens is 1. The number of nitrogens with zero attached hydrogens (tertiary/aromatic N) is 1. The second-order valence-electron chi connectivity index (χ2n) is 5.79. The first-order valence-electron chi connectivity index (χ1n) is 7.84. The Morgan fingerprint density at radius 3 is 2.41 bits per heavy atom. The van der Waals surface area contributed by atoms with Gasteiger partial charge >= 0.3 is 12.1 Å². The fourth-order valence-corrected chi connectivity index (χ4v) is 2.57. The SMILES string of the molecule is COc1cc2nc(-c3ccc(C)c(NC(=O)C(F)(F)F)c3)[nH]c2cc1OC. The van der Waals surface area contributed by atoms with Crippen LogP contribution in [0.3, 0.4) is 0 Å². The largest absolute Gasteiger partial charge is 0.493 e. The molecule has 142 valence electrons. The number of imidazole rings is 1. The van der Waals surface area contributed by atoms with Crippen molar-refractivity contribution in [2.24, 2.45) is 0 Å². The van der Waals surface area contributed by atoms with Gasteiger partial charge in [-0.1, -0.05) is 12.1 Å². The van der Waals surface area contributed by atoms with E-state index in [-0.39, 0.29) is 5.69 Å². The molecule has 0 aliphatic carbocycles. The quantitative estimate of drug-likeness (QED) is 0.717. The number of aryl methyl sites for hydroxylation is 1. The van der Waals surface area contributed by atoms with E-state index in [1.54, 1.807) is 31.2 Å². The van der Waals surface area contributed by atoms with Crippen LogP contribution in [0.5, 0.6) is 11.5 Å². The Labute approximate surface area is 152 Å². The zero-order valence-corrected chi connectivity index (χ0v) is 14.7. The third-order valence-corrected chi connectivity index (χ3v) is 4.00. The van der Waals surface area contributed by atoms with Crippen molar-refractivity contribution in [3.8, 4) is 22.9 Å². The summed E-state index contributed by atoms with van der Waals surface area (Å²) >= 11 is 0. The van der Waals surface area contributed by atoms with Gasteiger partial charge < -0.3 is 19.8 Å². The number of carbonyl (C=O) groups excluding carboxylic acids is 1. The number of hydrogen-bond donors (Lipinski definition) is 2. The molecular weight excluding hydrogens is 363 g/mol. The van der Waals surface area contributed by atoms with Crippen LogP contribution in [0.4, 0.5) is 18.9 Å². The molecular formula is C18H16F3N3O3. The van der Waals surface area contributed by atoms with Gasteiger partial charge in [-0.2, -0.15) is 13.2 Å². The van der Waals surface area contributed by atoms with E-state index in [1.165, 1.54) is 20.3 Å². The minimum atomic E-state index is -4.96. The molecule has 0 bridgehead atoms. The maximum absolute atomic E-state index is 12.5. The van der Waals surface area contributed by atoms with Crippen LogP contribution >= 0.6 is 0 Å². The molecule has 0 saturated carbocycles. The molecule has 0 spiro atoms. The maximum Gasteiger partial charge on any atom is 0.471 e. The summed E-state index contributed by atoms with van der Waals surface area (Å²) in [5, 5.41) is 1.88. The molecule has 0 atom stereocenters. The highest BCUT2D eigenvalue weighted by molar-refractivity contribution is 5.96. The highest BCUT2D eigenvalue weighted by atomic mass is 19.4. The van der Waals surface area contributed by atoms with Crippen LogP contribution in [0.25, 0.3) is 22.4 Å². The van der Waals surface area contributed by atoms with Gasteiger partial charge in [-0.25, -0.2) is 4.98 Å². The molecule has 0 aliphatic heterocycles. The molecule has 0 saturated heterocycles. The number of amides is 1. The molecule has 2 aromatic carbocycles. The van der Waals surface area contributed by atoms with Crippen LogP contribution in [0.2, 0.25) is 0 Å². The standard InChI is InChI=1S/C18H16F3N3O3/c1-9-4-5-10(6-11(9)24-17(25)18(19,20)21)16-22-12-7-14(26-2)15(27-3)8-13(12)23-16/h4-8H,1-3H3,(H,22,23)(H,24,25). The molecule has 0 unspecified atom stereocenters. The Morgan fingerprint density at radius 1 is 1.11 bits per heavy atom. The van der Waals surface area contributed by atoms with Crippen molar-refractivity contribution in [2.45, 2.75) is 13.1 Å². The first kappa shape index (κ1) is 18.6. The highest BCUT2D eigenvalue weighted by Gasteiger charge is 2.38. The van der Waals surface area contributed by atoms with Gasteiger partial charge in [0.05, 0.1) is 25.3 Å². The molecule has 3 aromatic rings. The van der Waals surface area contributed by atoms with E-state index in [1.807, 2.05) is 5.32 Å². The van der Waals surface area contributed by atoms with Crippen LogP contribution in [0.1, 0.15) is 5.56 Å². The van der Waals surface area contributed by atoms with Crippen LogP contribution in [0, 0.1) is 6.92 Å². The molecule has 1 aromatic heterocycles. The van der Waals surface area contributed by atoms with Gasteiger partial charge in [0.25, 0.3) is 0 Å². The minimum Gasteiger partial charge on any atom is -0.493 e. The van der Waals surface area contributed by atoms with Crippen molar-refractivity contribution in [1.29, 1.82) is 0 Å². The van der Waals surface area contributed by atoms with Gasteiger partial charge in [-0.3, -0.25) is 4.79 Å². The lowest BCUT2D eigenvalue weighted by Crippen LogP contribution is -2.30. The lowest BCUT2D eigenvalue weighted by molar-refractivity contribution is -0.167. The number of carbonyl (C=O) groups is 1. The summed E-state index contributed by atoms with van der Waals surface area (Å²) < 4.78 is 48.0. The van der Waals surface area contributed by atoms with Crippen molar-refractivity contribution in [1.82, 2.24) is 9.97 Å². The van der Waals surface area contributed by atoms with Gasteiger partial charge in [-0.05, 0) is 18.6 Å². The molecule has 2 N–H and O–H groups in total. The van der Waals surface area contributed by atoms with E-state index >= 15 is 0 Å². The summed E-state index contributed by atoms with van der Waals surface area (Å²) in [7, 11) is 3.02. The Kier molecular flexibility index (Phi) is 4.69. The lowest BCUT2D eigenvalue weighted by Gasteiger charge is -2.11. The van der Waals surface area contributed by atoms with Crippen LogP contribution in [-0.2, 0) is 4.79 Å². The second kappa shape index (κ2) is 6.82. The van der Waals surface area contributed by atoms with Gasteiger partial charge in [0.1, 0.15) is 5.82 Å². The number of ether oxygens (including phenoxy) is 2. The van der Waals surface area contributed by atoms with Crippen molar-refractivity contribution >= 4 is 22.6 Å². The number of nitrogens with one attached hydrogen (secondary N) is 2. The van der Waals surface area contributed by atoms with Crippen molar-refractivity contribution in [2.75, 3.05) is 19.5 Å². The molecule has 6 nitrogen and oxygen atoms in total. The number of hydrogen-bond acceptors (Lipinski definition) is 4. The van der Waals surface area contributed by atoms with E-state index in [4.69, 9.17) is 9.47 Å². The number of methoxy groups -OCH3 is 2. The number of rotatable bonds is 4. The third-order valence-electron chi connectivity index (χ3n) is 4.00. The molecule has 0 fully saturated rings. The average Bonchev–Trinajstić information content (AvgIpc) is 3.04. The van der Waals surface area contributed by atoms with E-state index in [0.29, 0.717) is 39.5 Å². The number of aromatic amines is 1. The molecule has 3 rings (SSSR count). The molecule has 0 radical (unpaired) electrons. The monoisotopic (exact) mass is 379 g/mol. The first-order valence-corrected chi connectivity index (χ1v) is 7.84. The van der Waals surface area contributed by atoms with E-state index in [0.717, 1.165) is 0 Å². The van der Waals surface area contributed by atoms with Crippen LogP contribution < -0.4 is 14.8 Å². The Hall–Kier alpha value is -3.23. The smallest absolute Gasteiger partial charge is 0.471 e. The average molecular weight is 379 g/mol. The zero-order valence-electron chi connectivity index (χ0n) is 14.7. The topological polar surface area (TPSA) is 76.2 Å². The Bertz CT molecular complexity index is 971. The number of halogens is 3. The lowest BCUT2D eigenvalue weighted by atomic mass is 10.1. The van der Waals surface area contributed by atoms with Crippen LogP contribution in [0.15, 0.2) is 30.3 Å².